The molecule has 39 heavy (non-hydrogen) atoms. The molecule has 206 valence electrons. The lowest BCUT2D eigenvalue weighted by atomic mass is 9.47. The van der Waals surface area contributed by atoms with E-state index >= 15 is 0 Å². The second-order valence-corrected chi connectivity index (χ2v) is 14.0. The number of ether oxygens (including phenoxy) is 1. The predicted molar refractivity (Wildman–Crippen MR) is 152 cm³/mol. The van der Waals surface area contributed by atoms with Crippen molar-refractivity contribution in [2.24, 2.45) is 28.6 Å². The van der Waals surface area contributed by atoms with Crippen LogP contribution < -0.4 is 0 Å². The first kappa shape index (κ1) is 26.4. The number of nitrogens with zero attached hydrogens (tertiary/aromatic N) is 1. The average Bonchev–Trinajstić information content (AvgIpc) is 3.40. The van der Waals surface area contributed by atoms with E-state index in [9.17, 15) is 14.7 Å². The predicted octanol–water partition coefficient (Wildman–Crippen LogP) is 7.04. The van der Waals surface area contributed by atoms with Gasteiger partial charge in [0.1, 0.15) is 17.0 Å². The summed E-state index contributed by atoms with van der Waals surface area (Å²) in [7, 11) is 0. The zero-order chi connectivity index (χ0) is 27.8. The summed E-state index contributed by atoms with van der Waals surface area (Å²) in [5.41, 5.74) is 0.949. The van der Waals surface area contributed by atoms with E-state index in [1.165, 1.54) is 10.1 Å². The third-order valence-corrected chi connectivity index (χ3v) is 10.6. The normalized spacial score (nSPS) is 35.8. The van der Waals surface area contributed by atoms with Gasteiger partial charge in [-0.05, 0) is 101 Å². The van der Waals surface area contributed by atoms with E-state index in [0.717, 1.165) is 55.8 Å². The van der Waals surface area contributed by atoms with Crippen LogP contribution in [-0.2, 0) is 9.53 Å². The van der Waals surface area contributed by atoms with Crippen molar-refractivity contribution >= 4 is 22.8 Å². The molecule has 1 aromatic heterocycles. The molecule has 1 N–H and O–H groups in total. The monoisotopic (exact) mass is 527 g/mol. The molecule has 0 radical (unpaired) electrons. The van der Waals surface area contributed by atoms with Crippen molar-refractivity contribution in [3.63, 3.8) is 0 Å². The fourth-order valence-corrected chi connectivity index (χ4v) is 8.51. The lowest BCUT2D eigenvalue weighted by Crippen LogP contribution is -2.51. The molecule has 0 aliphatic heterocycles. The van der Waals surface area contributed by atoms with Crippen molar-refractivity contribution in [3.05, 3.63) is 47.7 Å². The van der Waals surface area contributed by atoms with Crippen LogP contribution in [0.1, 0.15) is 91.5 Å². The number of carbonyl (C=O) groups excluding carboxylic acids is 2. The van der Waals surface area contributed by atoms with Gasteiger partial charge in [0.15, 0.2) is 0 Å². The van der Waals surface area contributed by atoms with Gasteiger partial charge in [0, 0.05) is 23.4 Å². The maximum atomic E-state index is 12.9. The second-order valence-electron chi connectivity index (χ2n) is 14.0. The van der Waals surface area contributed by atoms with Gasteiger partial charge < -0.3 is 9.84 Å². The number of ketones is 1. The third-order valence-electron chi connectivity index (χ3n) is 10.6. The van der Waals surface area contributed by atoms with Crippen LogP contribution >= 0.6 is 0 Å². The molecule has 4 aliphatic rings. The van der Waals surface area contributed by atoms with Crippen LogP contribution in [0.25, 0.3) is 10.9 Å². The van der Waals surface area contributed by atoms with Crippen LogP contribution in [0.3, 0.4) is 0 Å². The van der Waals surface area contributed by atoms with Gasteiger partial charge in [0.2, 0.25) is 0 Å². The summed E-state index contributed by atoms with van der Waals surface area (Å²) >= 11 is 0. The largest absolute Gasteiger partial charge is 0.443 e. The van der Waals surface area contributed by atoms with Crippen LogP contribution in [0.2, 0.25) is 0 Å². The van der Waals surface area contributed by atoms with Gasteiger partial charge in [-0.2, -0.15) is 0 Å². The second kappa shape index (κ2) is 8.83. The fourth-order valence-electron chi connectivity index (χ4n) is 8.51. The van der Waals surface area contributed by atoms with Gasteiger partial charge in [0.25, 0.3) is 0 Å². The molecule has 6 atom stereocenters. The highest BCUT2D eigenvalue weighted by Gasteiger charge is 2.59. The van der Waals surface area contributed by atoms with Crippen LogP contribution in [0.15, 0.2) is 42.1 Å². The van der Waals surface area contributed by atoms with Crippen molar-refractivity contribution < 1.29 is 19.4 Å². The lowest BCUT2D eigenvalue weighted by molar-refractivity contribution is -0.132. The topological polar surface area (TPSA) is 68.5 Å². The molecule has 0 amide bonds. The van der Waals surface area contributed by atoms with Gasteiger partial charge in [-0.3, -0.25) is 9.36 Å². The van der Waals surface area contributed by atoms with Crippen molar-refractivity contribution in [3.8, 4) is 11.8 Å². The van der Waals surface area contributed by atoms with E-state index in [0.29, 0.717) is 35.5 Å². The van der Waals surface area contributed by atoms with Gasteiger partial charge in [-0.15, -0.1) is 0 Å². The minimum Gasteiger partial charge on any atom is -0.443 e. The molecule has 6 rings (SSSR count). The number of aliphatic hydroxyl groups is 1. The number of carbonyl (C=O) groups is 2. The molecule has 4 aliphatic carbocycles. The zero-order valence-electron chi connectivity index (χ0n) is 24.0. The Morgan fingerprint density at radius 1 is 1.03 bits per heavy atom. The number of benzene rings is 1. The zero-order valence-corrected chi connectivity index (χ0v) is 24.0. The highest BCUT2D eigenvalue weighted by atomic mass is 16.6. The van der Waals surface area contributed by atoms with Gasteiger partial charge in [0.05, 0.1) is 11.1 Å². The van der Waals surface area contributed by atoms with Crippen molar-refractivity contribution in [1.29, 1.82) is 0 Å². The molecule has 3 saturated carbocycles. The highest BCUT2D eigenvalue weighted by Crippen LogP contribution is 2.65. The number of aromatic nitrogens is 1. The first-order chi connectivity index (χ1) is 18.3. The molecular weight excluding hydrogens is 486 g/mol. The van der Waals surface area contributed by atoms with E-state index in [1.54, 1.807) is 6.20 Å². The number of allylic oxidation sites excluding steroid dienone is 1. The Balaban J connectivity index is 1.29. The molecule has 3 fully saturated rings. The molecule has 2 aromatic rings. The SMILES string of the molecule is CC(C)(C)OC(=O)n1cc(C#C[C@@]2(O)C=C3CC[C@@H]4[C@H](CC[C@]5(C)C(=O)CC[C@@H]45)[C@@]3(C)CC2)c2ccccc21. The summed E-state index contributed by atoms with van der Waals surface area (Å²) < 4.78 is 7.12. The third kappa shape index (κ3) is 4.27. The summed E-state index contributed by atoms with van der Waals surface area (Å²) in [4.78, 5) is 25.6. The number of para-hydroxylation sites is 1. The summed E-state index contributed by atoms with van der Waals surface area (Å²) in [6, 6.07) is 7.67. The first-order valence-corrected chi connectivity index (χ1v) is 14.7. The maximum absolute atomic E-state index is 12.9. The number of hydrogen-bond acceptors (Lipinski definition) is 4. The average molecular weight is 528 g/mol. The maximum Gasteiger partial charge on any atom is 0.419 e. The fraction of sp³-hybridized carbons (Fsp3) is 0.588. The smallest absolute Gasteiger partial charge is 0.419 e. The quantitative estimate of drug-likeness (QED) is 0.295. The lowest BCUT2D eigenvalue weighted by Gasteiger charge is -2.57. The first-order valence-electron chi connectivity index (χ1n) is 14.7. The minimum atomic E-state index is -1.19. The number of Topliss-reactive ketones (excluding diaryl/α,β-unsaturated/α-hetero) is 1. The Labute approximate surface area is 232 Å². The molecule has 1 heterocycles. The van der Waals surface area contributed by atoms with Crippen LogP contribution in [0, 0.1) is 40.4 Å². The molecular formula is C34H41NO4. The van der Waals surface area contributed by atoms with E-state index in [2.05, 4.69) is 31.8 Å². The molecule has 0 spiro atoms. The molecule has 1 aromatic carbocycles. The Hall–Kier alpha value is -2.84. The number of rotatable bonds is 0. The number of hydrogen-bond donors (Lipinski definition) is 1. The van der Waals surface area contributed by atoms with Gasteiger partial charge in [-0.25, -0.2) is 4.79 Å². The van der Waals surface area contributed by atoms with Gasteiger partial charge >= 0.3 is 6.09 Å². The highest BCUT2D eigenvalue weighted by molar-refractivity contribution is 5.94. The summed E-state index contributed by atoms with van der Waals surface area (Å²) in [6.45, 7) is 10.2. The van der Waals surface area contributed by atoms with E-state index < -0.39 is 17.3 Å². The van der Waals surface area contributed by atoms with Gasteiger partial charge in [-0.1, -0.05) is 49.5 Å². The Morgan fingerprint density at radius 3 is 2.54 bits per heavy atom. The minimum absolute atomic E-state index is 0.0660. The van der Waals surface area contributed by atoms with Crippen LogP contribution in [0.5, 0.6) is 0 Å². The molecule has 0 saturated heterocycles. The summed E-state index contributed by atoms with van der Waals surface area (Å²) in [5, 5.41) is 12.5. The van der Waals surface area contributed by atoms with Crippen LogP contribution in [-0.4, -0.2) is 32.8 Å². The van der Waals surface area contributed by atoms with Crippen LogP contribution in [0.4, 0.5) is 4.79 Å². The summed E-state index contributed by atoms with van der Waals surface area (Å²) in [6.07, 6.45) is 10.8. The Kier molecular flexibility index (Phi) is 5.97. The molecule has 0 unspecified atom stereocenters. The van der Waals surface area contributed by atoms with E-state index in [-0.39, 0.29) is 10.8 Å². The molecule has 5 heteroatoms. The Bertz CT molecular complexity index is 1450. The Morgan fingerprint density at radius 2 is 1.77 bits per heavy atom. The van der Waals surface area contributed by atoms with Crippen molar-refractivity contribution in [2.75, 3.05) is 0 Å². The van der Waals surface area contributed by atoms with E-state index in [1.807, 2.05) is 45.0 Å². The van der Waals surface area contributed by atoms with Crippen molar-refractivity contribution in [1.82, 2.24) is 4.57 Å². The standard InChI is InChI=1S/C34H41NO4/c1-31(2,3)39-30(37)35-21-22(24-8-6-7-9-28(24)35)14-17-34(38)19-18-32(4)23(20-34)10-11-25-26-12-13-29(36)33(26,5)16-15-27(25)32/h6-9,20-21,25-27,38H,10-13,15-16,18-19H2,1-5H3/t25-,26-,27-,32-,33-,34-/m0/s1. The summed E-state index contributed by atoms with van der Waals surface area (Å²) in [5.74, 6) is 8.61. The molecule has 0 bridgehead atoms. The number of fused-ring (bicyclic) bond motifs is 6. The van der Waals surface area contributed by atoms with E-state index in [4.69, 9.17) is 4.74 Å². The van der Waals surface area contributed by atoms with Crippen molar-refractivity contribution in [2.45, 2.75) is 97.2 Å². The molecule has 5 nitrogen and oxygen atoms in total.